The van der Waals surface area contributed by atoms with Crippen LogP contribution in [0, 0.1) is 6.92 Å². The average molecular weight is 426 g/mol. The first-order chi connectivity index (χ1) is 15.2. The number of nitrogens with one attached hydrogen (secondary N) is 2. The summed E-state index contributed by atoms with van der Waals surface area (Å²) in [4.78, 5) is 5.05. The van der Waals surface area contributed by atoms with E-state index in [0.29, 0.717) is 0 Å². The standard InChI is InChI=1S/C27H31N5/c1-18-11-13-20(14-12-18)22-15-26(2,3)31-24(29-22)21-17-28-32-25(21)30-23(16-27(32,4)5)19-9-7-6-8-10-19/h6-15,17,23,30H,16H2,1-5H3,(H,29,31). The van der Waals surface area contributed by atoms with Crippen molar-refractivity contribution in [3.05, 3.63) is 89.1 Å². The summed E-state index contributed by atoms with van der Waals surface area (Å²) in [5.41, 5.74) is 5.31. The number of nitrogens with zero attached hydrogens (tertiary/aromatic N) is 3. The molecule has 0 spiro atoms. The smallest absolute Gasteiger partial charge is 0.139 e. The molecule has 3 heterocycles. The van der Waals surface area contributed by atoms with E-state index in [1.54, 1.807) is 0 Å². The van der Waals surface area contributed by atoms with Gasteiger partial charge in [0.05, 0.1) is 34.6 Å². The Kier molecular flexibility index (Phi) is 4.73. The zero-order chi connectivity index (χ0) is 22.5. The first-order valence-corrected chi connectivity index (χ1v) is 11.3. The van der Waals surface area contributed by atoms with E-state index in [9.17, 15) is 0 Å². The van der Waals surface area contributed by atoms with E-state index < -0.39 is 0 Å². The van der Waals surface area contributed by atoms with Crippen LogP contribution in [0.1, 0.15) is 62.4 Å². The Bertz CT molecular complexity index is 1200. The minimum absolute atomic E-state index is 0.111. The lowest BCUT2D eigenvalue weighted by molar-refractivity contribution is 0.263. The predicted octanol–water partition coefficient (Wildman–Crippen LogP) is 5.65. The van der Waals surface area contributed by atoms with Gasteiger partial charge in [-0.15, -0.1) is 0 Å². The molecule has 1 atom stereocenters. The molecule has 0 radical (unpaired) electrons. The van der Waals surface area contributed by atoms with Crippen molar-refractivity contribution in [3.63, 3.8) is 0 Å². The van der Waals surface area contributed by atoms with Gasteiger partial charge in [-0.1, -0.05) is 60.2 Å². The average Bonchev–Trinajstić information content (AvgIpc) is 3.18. The molecule has 5 heteroatoms. The fourth-order valence-corrected chi connectivity index (χ4v) is 4.67. The second-order valence-electron chi connectivity index (χ2n) is 10.1. The lowest BCUT2D eigenvalue weighted by Crippen LogP contribution is -2.45. The van der Waals surface area contributed by atoms with E-state index in [2.05, 4.69) is 111 Å². The quantitative estimate of drug-likeness (QED) is 0.570. The largest absolute Gasteiger partial charge is 0.363 e. The summed E-state index contributed by atoms with van der Waals surface area (Å²) in [6.45, 7) is 11.0. The van der Waals surface area contributed by atoms with Crippen LogP contribution in [-0.2, 0) is 5.54 Å². The fraction of sp³-hybridized carbons (Fsp3) is 0.333. The van der Waals surface area contributed by atoms with Gasteiger partial charge in [-0.2, -0.15) is 5.10 Å². The summed E-state index contributed by atoms with van der Waals surface area (Å²) in [7, 11) is 0. The van der Waals surface area contributed by atoms with Crippen LogP contribution in [0.3, 0.4) is 0 Å². The minimum Gasteiger partial charge on any atom is -0.363 e. The van der Waals surface area contributed by atoms with Crippen LogP contribution in [-0.4, -0.2) is 21.2 Å². The highest BCUT2D eigenvalue weighted by atomic mass is 15.4. The van der Waals surface area contributed by atoms with Crippen molar-refractivity contribution in [3.8, 4) is 0 Å². The molecular formula is C27H31N5. The monoisotopic (exact) mass is 425 g/mol. The molecule has 1 aromatic heterocycles. The van der Waals surface area contributed by atoms with E-state index in [1.165, 1.54) is 11.1 Å². The molecule has 0 aliphatic carbocycles. The van der Waals surface area contributed by atoms with Gasteiger partial charge in [-0.3, -0.25) is 0 Å². The highest BCUT2D eigenvalue weighted by Gasteiger charge is 2.37. The van der Waals surface area contributed by atoms with Gasteiger partial charge >= 0.3 is 0 Å². The Labute approximate surface area is 190 Å². The van der Waals surface area contributed by atoms with Gasteiger partial charge in [0.2, 0.25) is 0 Å². The van der Waals surface area contributed by atoms with Gasteiger partial charge in [-0.05, 0) is 58.2 Å². The molecule has 164 valence electrons. The Hall–Kier alpha value is -3.34. The summed E-state index contributed by atoms with van der Waals surface area (Å²) in [5.74, 6) is 1.87. The first kappa shape index (κ1) is 20.6. The van der Waals surface area contributed by atoms with Crippen molar-refractivity contribution >= 4 is 17.4 Å². The highest BCUT2D eigenvalue weighted by molar-refractivity contribution is 6.07. The number of rotatable bonds is 3. The summed E-state index contributed by atoms with van der Waals surface area (Å²) >= 11 is 0. The molecule has 1 unspecified atom stereocenters. The van der Waals surface area contributed by atoms with Crippen molar-refractivity contribution in [1.29, 1.82) is 0 Å². The number of aryl methyl sites for hydroxylation is 1. The topological polar surface area (TPSA) is 54.2 Å². The van der Waals surface area contributed by atoms with Crippen molar-refractivity contribution < 1.29 is 0 Å². The van der Waals surface area contributed by atoms with Gasteiger partial charge in [0, 0.05) is 0 Å². The Balaban J connectivity index is 1.57. The van der Waals surface area contributed by atoms with Gasteiger partial charge in [0.25, 0.3) is 0 Å². The molecule has 2 N–H and O–H groups in total. The lowest BCUT2D eigenvalue weighted by atomic mass is 9.89. The van der Waals surface area contributed by atoms with Crippen molar-refractivity contribution in [2.24, 2.45) is 4.99 Å². The molecule has 32 heavy (non-hydrogen) atoms. The maximum Gasteiger partial charge on any atom is 0.139 e. The number of benzene rings is 2. The van der Waals surface area contributed by atoms with Crippen LogP contribution >= 0.6 is 0 Å². The van der Waals surface area contributed by atoms with E-state index in [-0.39, 0.29) is 17.1 Å². The third kappa shape index (κ3) is 3.72. The van der Waals surface area contributed by atoms with Crippen LogP contribution < -0.4 is 10.6 Å². The second kappa shape index (κ2) is 7.37. The van der Waals surface area contributed by atoms with E-state index in [4.69, 9.17) is 10.1 Å². The number of aromatic nitrogens is 2. The summed E-state index contributed by atoms with van der Waals surface area (Å²) < 4.78 is 2.11. The maximum absolute atomic E-state index is 5.05. The van der Waals surface area contributed by atoms with Gasteiger partial charge in [-0.25, -0.2) is 9.67 Å². The zero-order valence-electron chi connectivity index (χ0n) is 19.5. The molecule has 5 nitrogen and oxygen atoms in total. The predicted molar refractivity (Wildman–Crippen MR) is 132 cm³/mol. The second-order valence-corrected chi connectivity index (χ2v) is 10.1. The fourth-order valence-electron chi connectivity index (χ4n) is 4.67. The molecule has 2 aliphatic rings. The van der Waals surface area contributed by atoms with Crippen molar-refractivity contribution in [2.75, 3.05) is 5.32 Å². The SMILES string of the molecule is Cc1ccc(C2=CC(C)(C)NC(c3cnn4c3NC(c3ccccc3)CC4(C)C)=N2)cc1. The summed E-state index contributed by atoms with van der Waals surface area (Å²) in [6, 6.07) is 19.4. The molecule has 2 aromatic carbocycles. The molecular weight excluding hydrogens is 394 g/mol. The van der Waals surface area contributed by atoms with Crippen LogP contribution in [0.15, 0.2) is 71.9 Å². The van der Waals surface area contributed by atoms with Crippen LogP contribution in [0.2, 0.25) is 0 Å². The normalized spacial score (nSPS) is 21.0. The third-order valence-corrected chi connectivity index (χ3v) is 6.33. The summed E-state index contributed by atoms with van der Waals surface area (Å²) in [6.07, 6.45) is 5.10. The van der Waals surface area contributed by atoms with Gasteiger partial charge in [0.15, 0.2) is 0 Å². The van der Waals surface area contributed by atoms with Gasteiger partial charge in [0.1, 0.15) is 11.7 Å². The highest BCUT2D eigenvalue weighted by Crippen LogP contribution is 2.40. The van der Waals surface area contributed by atoms with Crippen molar-refractivity contribution in [2.45, 2.75) is 58.2 Å². The molecule has 3 aromatic rings. The molecule has 0 saturated heterocycles. The molecule has 5 rings (SSSR count). The van der Waals surface area contributed by atoms with Crippen LogP contribution in [0.5, 0.6) is 0 Å². The van der Waals surface area contributed by atoms with Crippen LogP contribution in [0.25, 0.3) is 5.70 Å². The molecule has 0 saturated carbocycles. The molecule has 0 fully saturated rings. The number of amidine groups is 1. The minimum atomic E-state index is -0.227. The number of hydrogen-bond donors (Lipinski definition) is 2. The number of anilines is 1. The van der Waals surface area contributed by atoms with E-state index in [1.807, 2.05) is 6.20 Å². The lowest BCUT2D eigenvalue weighted by Gasteiger charge is -2.39. The Morgan fingerprint density at radius 2 is 1.69 bits per heavy atom. The van der Waals surface area contributed by atoms with Gasteiger partial charge < -0.3 is 10.6 Å². The molecule has 0 amide bonds. The van der Waals surface area contributed by atoms with Crippen LogP contribution in [0.4, 0.5) is 5.82 Å². The zero-order valence-corrected chi connectivity index (χ0v) is 19.5. The van der Waals surface area contributed by atoms with E-state index >= 15 is 0 Å². The number of hydrogen-bond acceptors (Lipinski definition) is 4. The third-order valence-electron chi connectivity index (χ3n) is 6.33. The van der Waals surface area contributed by atoms with Crippen molar-refractivity contribution in [1.82, 2.24) is 15.1 Å². The Morgan fingerprint density at radius 3 is 2.41 bits per heavy atom. The molecule has 2 aliphatic heterocycles. The first-order valence-electron chi connectivity index (χ1n) is 11.3. The Morgan fingerprint density at radius 1 is 0.969 bits per heavy atom. The maximum atomic E-state index is 5.05. The van der Waals surface area contributed by atoms with E-state index in [0.717, 1.165) is 34.9 Å². The number of fused-ring (bicyclic) bond motifs is 1. The molecule has 0 bridgehead atoms. The number of aliphatic imine (C=N–C) groups is 1. The summed E-state index contributed by atoms with van der Waals surface area (Å²) in [5, 5.41) is 12.2.